The van der Waals surface area contributed by atoms with Crippen LogP contribution < -0.4 is 10.5 Å². The van der Waals surface area contributed by atoms with Gasteiger partial charge in [0.2, 0.25) is 5.88 Å². The minimum absolute atomic E-state index is 0.0360. The molecule has 0 spiro atoms. The Bertz CT molecular complexity index is 678. The fourth-order valence-corrected chi connectivity index (χ4v) is 2.41. The van der Waals surface area contributed by atoms with Gasteiger partial charge in [-0.1, -0.05) is 19.9 Å². The molecule has 0 aliphatic heterocycles. The molecule has 3 N–H and O–H groups in total. The van der Waals surface area contributed by atoms with Crippen molar-refractivity contribution in [2.24, 2.45) is 5.73 Å². The van der Waals surface area contributed by atoms with Gasteiger partial charge in [0.25, 0.3) is 0 Å². The Balaban J connectivity index is 2.37. The molecule has 0 saturated heterocycles. The lowest BCUT2D eigenvalue weighted by atomic mass is 9.98. The zero-order valence-electron chi connectivity index (χ0n) is 12.9. The summed E-state index contributed by atoms with van der Waals surface area (Å²) in [5, 5.41) is 7.67. The van der Waals surface area contributed by atoms with Gasteiger partial charge in [-0.2, -0.15) is 0 Å². The van der Waals surface area contributed by atoms with E-state index in [1.165, 1.54) is 11.1 Å². The maximum atomic E-state index is 7.67. The van der Waals surface area contributed by atoms with Crippen LogP contribution in [-0.2, 0) is 0 Å². The van der Waals surface area contributed by atoms with Gasteiger partial charge < -0.3 is 10.5 Å². The van der Waals surface area contributed by atoms with Crippen LogP contribution in [0.1, 0.15) is 42.0 Å². The summed E-state index contributed by atoms with van der Waals surface area (Å²) in [5.74, 6) is 1.52. The number of benzene rings is 1. The molecule has 4 nitrogen and oxygen atoms in total. The zero-order valence-corrected chi connectivity index (χ0v) is 12.9. The summed E-state index contributed by atoms with van der Waals surface area (Å²) in [5.41, 5.74) is 9.53. The molecular weight excluding hydrogens is 262 g/mol. The lowest BCUT2D eigenvalue weighted by Crippen LogP contribution is -2.14. The molecular formula is C17H21N3O. The molecule has 4 heteroatoms. The Labute approximate surface area is 125 Å². The van der Waals surface area contributed by atoms with Crippen molar-refractivity contribution in [3.8, 4) is 11.6 Å². The maximum Gasteiger partial charge on any atom is 0.230 e. The van der Waals surface area contributed by atoms with Crippen molar-refractivity contribution in [3.05, 3.63) is 52.7 Å². The first-order chi connectivity index (χ1) is 9.90. The van der Waals surface area contributed by atoms with E-state index in [1.807, 2.05) is 25.1 Å². The van der Waals surface area contributed by atoms with Gasteiger partial charge in [0.15, 0.2) is 0 Å². The number of ether oxygens (including phenoxy) is 1. The van der Waals surface area contributed by atoms with E-state index < -0.39 is 0 Å². The monoisotopic (exact) mass is 283 g/mol. The Kier molecular flexibility index (Phi) is 4.26. The Morgan fingerprint density at radius 2 is 1.90 bits per heavy atom. The summed E-state index contributed by atoms with van der Waals surface area (Å²) in [6.45, 7) is 8.29. The van der Waals surface area contributed by atoms with E-state index in [0.717, 1.165) is 5.56 Å². The van der Waals surface area contributed by atoms with Crippen LogP contribution in [0.15, 0.2) is 30.5 Å². The highest BCUT2D eigenvalue weighted by Gasteiger charge is 2.13. The van der Waals surface area contributed by atoms with E-state index in [0.29, 0.717) is 23.1 Å². The van der Waals surface area contributed by atoms with Crippen LogP contribution in [0, 0.1) is 19.3 Å². The maximum absolute atomic E-state index is 7.67. The molecule has 2 rings (SSSR count). The number of hydrogen-bond donors (Lipinski definition) is 2. The molecule has 21 heavy (non-hydrogen) atoms. The fraction of sp³-hybridized carbons (Fsp3) is 0.294. The molecule has 0 atom stereocenters. The highest BCUT2D eigenvalue weighted by Crippen LogP contribution is 2.28. The number of amidine groups is 1. The SMILES string of the molecule is Cc1cc(Oc2nccc(C)c2C(=N)N)ccc1C(C)C. The van der Waals surface area contributed by atoms with Crippen LogP contribution in [-0.4, -0.2) is 10.8 Å². The third-order valence-corrected chi connectivity index (χ3v) is 3.47. The molecule has 0 unspecified atom stereocenters. The Hall–Kier alpha value is -2.36. The first-order valence-electron chi connectivity index (χ1n) is 6.98. The predicted molar refractivity (Wildman–Crippen MR) is 85.3 cm³/mol. The van der Waals surface area contributed by atoms with Crippen molar-refractivity contribution in [3.63, 3.8) is 0 Å². The van der Waals surface area contributed by atoms with Crippen LogP contribution >= 0.6 is 0 Å². The predicted octanol–water partition coefficient (Wildman–Crippen LogP) is 3.90. The van der Waals surface area contributed by atoms with Crippen molar-refractivity contribution >= 4 is 5.84 Å². The van der Waals surface area contributed by atoms with Crippen molar-refractivity contribution < 1.29 is 4.74 Å². The summed E-state index contributed by atoms with van der Waals surface area (Å²) >= 11 is 0. The molecule has 0 aliphatic carbocycles. The van der Waals surface area contributed by atoms with Crippen LogP contribution in [0.25, 0.3) is 0 Å². The molecule has 0 bridgehead atoms. The van der Waals surface area contributed by atoms with E-state index in [1.54, 1.807) is 6.20 Å². The minimum Gasteiger partial charge on any atom is -0.438 e. The normalized spacial score (nSPS) is 10.7. The molecule has 0 radical (unpaired) electrons. The van der Waals surface area contributed by atoms with Crippen LogP contribution in [0.4, 0.5) is 0 Å². The Morgan fingerprint density at radius 3 is 2.48 bits per heavy atom. The van der Waals surface area contributed by atoms with E-state index in [2.05, 4.69) is 31.8 Å². The summed E-state index contributed by atoms with van der Waals surface area (Å²) < 4.78 is 5.84. The smallest absolute Gasteiger partial charge is 0.230 e. The fourth-order valence-electron chi connectivity index (χ4n) is 2.41. The number of nitrogen functional groups attached to an aromatic ring is 1. The summed E-state index contributed by atoms with van der Waals surface area (Å²) in [4.78, 5) is 4.20. The van der Waals surface area contributed by atoms with Gasteiger partial charge in [0, 0.05) is 6.20 Å². The molecule has 0 saturated carbocycles. The second-order valence-corrected chi connectivity index (χ2v) is 5.50. The number of nitrogens with zero attached hydrogens (tertiary/aromatic N) is 1. The van der Waals surface area contributed by atoms with E-state index >= 15 is 0 Å². The number of rotatable bonds is 4. The van der Waals surface area contributed by atoms with Gasteiger partial charge in [-0.3, -0.25) is 5.41 Å². The van der Waals surface area contributed by atoms with Gasteiger partial charge in [-0.15, -0.1) is 0 Å². The number of hydrogen-bond acceptors (Lipinski definition) is 3. The molecule has 1 aromatic carbocycles. The van der Waals surface area contributed by atoms with E-state index in [4.69, 9.17) is 15.9 Å². The second kappa shape index (κ2) is 5.95. The molecule has 0 amide bonds. The number of pyridine rings is 1. The van der Waals surface area contributed by atoms with E-state index in [-0.39, 0.29) is 5.84 Å². The molecule has 2 aromatic rings. The minimum atomic E-state index is -0.0360. The average Bonchev–Trinajstić information content (AvgIpc) is 2.37. The topological polar surface area (TPSA) is 72.0 Å². The molecule has 1 heterocycles. The lowest BCUT2D eigenvalue weighted by Gasteiger charge is -2.14. The molecule has 110 valence electrons. The van der Waals surface area contributed by atoms with Gasteiger partial charge in [-0.25, -0.2) is 4.98 Å². The third-order valence-electron chi connectivity index (χ3n) is 3.47. The Morgan fingerprint density at radius 1 is 1.19 bits per heavy atom. The highest BCUT2D eigenvalue weighted by atomic mass is 16.5. The van der Waals surface area contributed by atoms with Crippen molar-refractivity contribution in [1.82, 2.24) is 4.98 Å². The summed E-state index contributed by atoms with van der Waals surface area (Å²) in [6.07, 6.45) is 1.66. The second-order valence-electron chi connectivity index (χ2n) is 5.50. The van der Waals surface area contributed by atoms with Crippen LogP contribution in [0.2, 0.25) is 0 Å². The lowest BCUT2D eigenvalue weighted by molar-refractivity contribution is 0.460. The molecule has 0 fully saturated rings. The average molecular weight is 283 g/mol. The van der Waals surface area contributed by atoms with Crippen molar-refractivity contribution in [2.45, 2.75) is 33.6 Å². The summed E-state index contributed by atoms with van der Waals surface area (Å²) in [7, 11) is 0. The largest absolute Gasteiger partial charge is 0.438 e. The van der Waals surface area contributed by atoms with Crippen LogP contribution in [0.3, 0.4) is 0 Å². The standard InChI is InChI=1S/C17H21N3O/c1-10(2)14-6-5-13(9-12(14)4)21-17-15(16(18)19)11(3)7-8-20-17/h5-10H,1-4H3,(H3,18,19). The van der Waals surface area contributed by atoms with Crippen molar-refractivity contribution in [1.29, 1.82) is 5.41 Å². The third kappa shape index (κ3) is 3.21. The first-order valence-corrected chi connectivity index (χ1v) is 6.98. The number of aromatic nitrogens is 1. The molecule has 1 aromatic heterocycles. The summed E-state index contributed by atoms with van der Waals surface area (Å²) in [6, 6.07) is 7.80. The van der Waals surface area contributed by atoms with Crippen molar-refractivity contribution in [2.75, 3.05) is 0 Å². The molecule has 0 aliphatic rings. The zero-order chi connectivity index (χ0) is 15.6. The number of nitrogens with two attached hydrogens (primary N) is 1. The van der Waals surface area contributed by atoms with Gasteiger partial charge in [0.05, 0.1) is 5.56 Å². The quantitative estimate of drug-likeness (QED) is 0.660. The van der Waals surface area contributed by atoms with Crippen LogP contribution in [0.5, 0.6) is 11.6 Å². The van der Waals surface area contributed by atoms with E-state index in [9.17, 15) is 0 Å². The number of aryl methyl sites for hydroxylation is 2. The first kappa shape index (κ1) is 15.0. The van der Waals surface area contributed by atoms with Gasteiger partial charge in [-0.05, 0) is 54.7 Å². The highest BCUT2D eigenvalue weighted by molar-refractivity contribution is 5.98. The van der Waals surface area contributed by atoms with Gasteiger partial charge >= 0.3 is 0 Å². The van der Waals surface area contributed by atoms with Gasteiger partial charge in [0.1, 0.15) is 11.6 Å². The number of nitrogens with one attached hydrogen (secondary N) is 1.